The zero-order valence-electron chi connectivity index (χ0n) is 17.1. The summed E-state index contributed by atoms with van der Waals surface area (Å²) in [6.07, 6.45) is 3.12. The number of carbonyl (C=O) groups excluding carboxylic acids is 1. The first kappa shape index (κ1) is 21.5. The second kappa shape index (κ2) is 9.17. The Bertz CT molecular complexity index is 1130. The van der Waals surface area contributed by atoms with Crippen molar-refractivity contribution in [1.29, 1.82) is 0 Å². The van der Waals surface area contributed by atoms with E-state index in [1.807, 2.05) is 0 Å². The monoisotopic (exact) mass is 456 g/mol. The van der Waals surface area contributed by atoms with E-state index < -0.39 is 10.0 Å². The van der Waals surface area contributed by atoms with E-state index in [9.17, 15) is 13.2 Å². The van der Waals surface area contributed by atoms with Gasteiger partial charge in [-0.15, -0.1) is 11.3 Å². The van der Waals surface area contributed by atoms with Gasteiger partial charge in [-0.2, -0.15) is 0 Å². The molecule has 9 heteroatoms. The van der Waals surface area contributed by atoms with Crippen molar-refractivity contribution in [3.05, 3.63) is 71.2 Å². The Hall–Kier alpha value is -2.75. The van der Waals surface area contributed by atoms with Crippen LogP contribution in [0.15, 0.2) is 65.0 Å². The molecule has 3 aromatic rings. The Balaban J connectivity index is 1.34. The number of nitrogens with zero attached hydrogens (tertiary/aromatic N) is 2. The predicted octanol–water partition coefficient (Wildman–Crippen LogP) is 3.19. The number of aromatic nitrogens is 1. The van der Waals surface area contributed by atoms with Crippen LogP contribution in [0.4, 0.5) is 10.8 Å². The summed E-state index contributed by atoms with van der Waals surface area (Å²) < 4.78 is 27.4. The molecule has 1 aliphatic rings. The number of nitrogens with one attached hydrogen (secondary N) is 2. The maximum atomic E-state index is 12.8. The lowest BCUT2D eigenvalue weighted by Gasteiger charge is -2.18. The standard InChI is InChI=1S/C22H24N4O3S2/c1-16-2-4-17(5-3-16)10-12-23-20-11-14-26(21(20)27)18-6-8-19(9-7-18)31(28,29)25-22-24-13-15-30-22/h2-9,13,15,20,23H,10-12,14H2,1H3,(H,24,25). The largest absolute Gasteiger partial charge is 0.311 e. The lowest BCUT2D eigenvalue weighted by molar-refractivity contribution is -0.118. The molecular formula is C22H24N4O3S2. The molecule has 1 amide bonds. The summed E-state index contributed by atoms with van der Waals surface area (Å²) >= 11 is 1.21. The second-order valence-corrected chi connectivity index (χ2v) is 10.0. The van der Waals surface area contributed by atoms with Crippen LogP contribution in [0.1, 0.15) is 17.5 Å². The molecule has 0 spiro atoms. The highest BCUT2D eigenvalue weighted by molar-refractivity contribution is 7.93. The molecule has 31 heavy (non-hydrogen) atoms. The van der Waals surface area contributed by atoms with Crippen molar-refractivity contribution in [3.63, 3.8) is 0 Å². The molecule has 1 aliphatic heterocycles. The van der Waals surface area contributed by atoms with Gasteiger partial charge in [0.15, 0.2) is 5.13 Å². The van der Waals surface area contributed by atoms with E-state index in [1.165, 1.54) is 40.8 Å². The summed E-state index contributed by atoms with van der Waals surface area (Å²) in [7, 11) is -3.71. The van der Waals surface area contributed by atoms with Gasteiger partial charge in [0.05, 0.1) is 10.9 Å². The van der Waals surface area contributed by atoms with Gasteiger partial charge in [0.1, 0.15) is 0 Å². The van der Waals surface area contributed by atoms with Crippen molar-refractivity contribution in [2.24, 2.45) is 0 Å². The Morgan fingerprint density at radius 3 is 2.55 bits per heavy atom. The number of rotatable bonds is 8. The molecule has 0 radical (unpaired) electrons. The number of benzene rings is 2. The number of thiazole rings is 1. The van der Waals surface area contributed by atoms with Gasteiger partial charge in [-0.05, 0) is 56.1 Å². The van der Waals surface area contributed by atoms with Crippen molar-refractivity contribution < 1.29 is 13.2 Å². The van der Waals surface area contributed by atoms with Gasteiger partial charge < -0.3 is 10.2 Å². The fourth-order valence-corrected chi connectivity index (χ4v) is 5.31. The smallest absolute Gasteiger partial charge is 0.263 e. The summed E-state index contributed by atoms with van der Waals surface area (Å²) in [5, 5.41) is 5.37. The summed E-state index contributed by atoms with van der Waals surface area (Å²) in [5.74, 6) is 0.0143. The maximum absolute atomic E-state index is 12.8. The van der Waals surface area contributed by atoms with Crippen LogP contribution in [-0.2, 0) is 21.2 Å². The topological polar surface area (TPSA) is 91.4 Å². The number of carbonyl (C=O) groups is 1. The first-order valence-electron chi connectivity index (χ1n) is 10.0. The van der Waals surface area contributed by atoms with Crippen LogP contribution in [0.2, 0.25) is 0 Å². The van der Waals surface area contributed by atoms with Crippen LogP contribution in [0.3, 0.4) is 0 Å². The minimum absolute atomic E-state index is 0.0143. The molecule has 2 N–H and O–H groups in total. The Morgan fingerprint density at radius 1 is 1.13 bits per heavy atom. The van der Waals surface area contributed by atoms with E-state index in [1.54, 1.807) is 22.4 Å². The van der Waals surface area contributed by atoms with Crippen LogP contribution < -0.4 is 14.9 Å². The minimum Gasteiger partial charge on any atom is -0.311 e. The SMILES string of the molecule is Cc1ccc(CCNC2CCN(c3ccc(S(=O)(=O)Nc4nccs4)cc3)C2=O)cc1. The fraction of sp³-hybridized carbons (Fsp3) is 0.273. The summed E-state index contributed by atoms with van der Waals surface area (Å²) in [5.41, 5.74) is 3.17. The molecule has 0 saturated carbocycles. The highest BCUT2D eigenvalue weighted by Gasteiger charge is 2.32. The number of hydrogen-bond donors (Lipinski definition) is 2. The molecule has 162 valence electrons. The molecule has 4 rings (SSSR count). The maximum Gasteiger partial charge on any atom is 0.263 e. The average molecular weight is 457 g/mol. The Morgan fingerprint density at radius 2 is 1.87 bits per heavy atom. The lowest BCUT2D eigenvalue weighted by atomic mass is 10.1. The normalized spacial score (nSPS) is 16.6. The van der Waals surface area contributed by atoms with Gasteiger partial charge >= 0.3 is 0 Å². The third-order valence-corrected chi connectivity index (χ3v) is 7.42. The van der Waals surface area contributed by atoms with Crippen LogP contribution in [0.25, 0.3) is 0 Å². The third-order valence-electron chi connectivity index (χ3n) is 5.24. The highest BCUT2D eigenvalue weighted by atomic mass is 32.2. The molecular weight excluding hydrogens is 432 g/mol. The molecule has 2 heterocycles. The van der Waals surface area contributed by atoms with Gasteiger partial charge in [0, 0.05) is 23.8 Å². The lowest BCUT2D eigenvalue weighted by Crippen LogP contribution is -2.39. The zero-order valence-corrected chi connectivity index (χ0v) is 18.7. The molecule has 7 nitrogen and oxygen atoms in total. The summed E-state index contributed by atoms with van der Waals surface area (Å²) in [6.45, 7) is 3.39. The number of aryl methyl sites for hydroxylation is 1. The average Bonchev–Trinajstić information content (AvgIpc) is 3.39. The van der Waals surface area contributed by atoms with E-state index in [-0.39, 0.29) is 16.8 Å². The van der Waals surface area contributed by atoms with Crippen molar-refractivity contribution in [3.8, 4) is 0 Å². The number of sulfonamides is 1. The van der Waals surface area contributed by atoms with E-state index in [0.717, 1.165) is 19.4 Å². The third kappa shape index (κ3) is 5.12. The molecule has 0 bridgehead atoms. The zero-order chi connectivity index (χ0) is 21.8. The number of hydrogen-bond acceptors (Lipinski definition) is 6. The summed E-state index contributed by atoms with van der Waals surface area (Å²) in [4.78, 5) is 18.6. The first-order valence-corrected chi connectivity index (χ1v) is 12.4. The van der Waals surface area contributed by atoms with Gasteiger partial charge in [-0.3, -0.25) is 9.52 Å². The van der Waals surface area contributed by atoms with E-state index in [0.29, 0.717) is 17.4 Å². The van der Waals surface area contributed by atoms with E-state index in [4.69, 9.17) is 0 Å². The quantitative estimate of drug-likeness (QED) is 0.543. The van der Waals surface area contributed by atoms with Crippen molar-refractivity contribution >= 4 is 38.1 Å². The van der Waals surface area contributed by atoms with Gasteiger partial charge in [-0.25, -0.2) is 13.4 Å². The summed E-state index contributed by atoms with van der Waals surface area (Å²) in [6, 6.07) is 14.5. The molecule has 1 aromatic heterocycles. The molecule has 1 atom stereocenters. The molecule has 2 aromatic carbocycles. The van der Waals surface area contributed by atoms with E-state index >= 15 is 0 Å². The van der Waals surface area contributed by atoms with Crippen LogP contribution in [0.5, 0.6) is 0 Å². The number of anilines is 2. The van der Waals surface area contributed by atoms with Crippen molar-refractivity contribution in [2.75, 3.05) is 22.7 Å². The molecule has 0 aliphatic carbocycles. The van der Waals surface area contributed by atoms with Gasteiger partial charge in [-0.1, -0.05) is 29.8 Å². The van der Waals surface area contributed by atoms with Gasteiger partial charge in [0.25, 0.3) is 10.0 Å². The predicted molar refractivity (Wildman–Crippen MR) is 123 cm³/mol. The van der Waals surface area contributed by atoms with Crippen molar-refractivity contribution in [1.82, 2.24) is 10.3 Å². The Kier molecular flexibility index (Phi) is 6.35. The molecule has 1 fully saturated rings. The second-order valence-electron chi connectivity index (χ2n) is 7.46. The van der Waals surface area contributed by atoms with E-state index in [2.05, 4.69) is 46.2 Å². The number of amides is 1. The first-order chi connectivity index (χ1) is 14.9. The van der Waals surface area contributed by atoms with Gasteiger partial charge in [0.2, 0.25) is 5.91 Å². The van der Waals surface area contributed by atoms with Crippen LogP contribution in [-0.4, -0.2) is 38.4 Å². The minimum atomic E-state index is -3.71. The fourth-order valence-electron chi connectivity index (χ4n) is 3.52. The molecule has 1 saturated heterocycles. The van der Waals surface area contributed by atoms with Crippen molar-refractivity contribution in [2.45, 2.75) is 30.7 Å². The van der Waals surface area contributed by atoms with Crippen LogP contribution in [0, 0.1) is 6.92 Å². The van der Waals surface area contributed by atoms with Crippen LogP contribution >= 0.6 is 11.3 Å². The Labute approximate surface area is 186 Å². The highest BCUT2D eigenvalue weighted by Crippen LogP contribution is 2.25. The molecule has 1 unspecified atom stereocenters.